The fraction of sp³-hybridized carbons (Fsp3) is 0.316. The van der Waals surface area contributed by atoms with E-state index in [9.17, 15) is 4.79 Å². The predicted molar refractivity (Wildman–Crippen MR) is 101 cm³/mol. The van der Waals surface area contributed by atoms with Gasteiger partial charge in [0.1, 0.15) is 0 Å². The molecule has 1 aliphatic rings. The summed E-state index contributed by atoms with van der Waals surface area (Å²) < 4.78 is 5.70. The van der Waals surface area contributed by atoms with Gasteiger partial charge in [0.25, 0.3) is 0 Å². The second-order valence-corrected chi connectivity index (χ2v) is 6.95. The monoisotopic (exact) mass is 378 g/mol. The van der Waals surface area contributed by atoms with Crippen LogP contribution in [-0.2, 0) is 11.3 Å². The van der Waals surface area contributed by atoms with Crippen molar-refractivity contribution >= 4 is 34.9 Å². The summed E-state index contributed by atoms with van der Waals surface area (Å²) in [7, 11) is 0. The third-order valence-corrected chi connectivity index (χ3v) is 4.62. The van der Waals surface area contributed by atoms with Gasteiger partial charge in [-0.3, -0.25) is 0 Å². The van der Waals surface area contributed by atoms with E-state index in [0.717, 1.165) is 25.0 Å². The highest BCUT2D eigenvalue weighted by molar-refractivity contribution is 6.30. The summed E-state index contributed by atoms with van der Waals surface area (Å²) in [6.07, 6.45) is 2.10. The van der Waals surface area contributed by atoms with Crippen LogP contribution in [0, 0.1) is 0 Å². The van der Waals surface area contributed by atoms with Gasteiger partial charge >= 0.3 is 6.03 Å². The average molecular weight is 379 g/mol. The minimum Gasteiger partial charge on any atom is -0.376 e. The number of halogens is 2. The van der Waals surface area contributed by atoms with Crippen molar-refractivity contribution in [1.29, 1.82) is 0 Å². The molecule has 0 radical (unpaired) electrons. The average Bonchev–Trinajstić information content (AvgIpc) is 3.11. The van der Waals surface area contributed by atoms with Crippen molar-refractivity contribution in [3.8, 4) is 0 Å². The maximum Gasteiger partial charge on any atom is 0.322 e. The Kier molecular flexibility index (Phi) is 6.19. The van der Waals surface area contributed by atoms with Crippen LogP contribution in [0.15, 0.2) is 48.5 Å². The lowest BCUT2D eigenvalue weighted by Gasteiger charge is -2.26. The van der Waals surface area contributed by atoms with Crippen LogP contribution in [0.5, 0.6) is 0 Å². The Morgan fingerprint density at radius 2 is 1.72 bits per heavy atom. The van der Waals surface area contributed by atoms with E-state index in [0.29, 0.717) is 28.8 Å². The van der Waals surface area contributed by atoms with Crippen LogP contribution in [0.25, 0.3) is 0 Å². The van der Waals surface area contributed by atoms with Crippen LogP contribution in [0.3, 0.4) is 0 Å². The van der Waals surface area contributed by atoms with Gasteiger partial charge in [-0.25, -0.2) is 4.79 Å². The second kappa shape index (κ2) is 8.56. The molecule has 4 nitrogen and oxygen atoms in total. The molecule has 0 saturated carbocycles. The zero-order valence-corrected chi connectivity index (χ0v) is 15.3. The third-order valence-electron chi connectivity index (χ3n) is 4.12. The maximum atomic E-state index is 12.8. The number of hydrogen-bond acceptors (Lipinski definition) is 2. The molecule has 132 valence electrons. The lowest BCUT2D eigenvalue weighted by atomic mass is 10.2. The molecule has 0 spiro atoms. The summed E-state index contributed by atoms with van der Waals surface area (Å²) >= 11 is 11.8. The Morgan fingerprint density at radius 3 is 2.32 bits per heavy atom. The molecule has 6 heteroatoms. The SMILES string of the molecule is O=C(Nc1ccc(Cl)cc1)N(Cc1ccc(Cl)cc1)C[C@H]1CCCO1. The zero-order chi connectivity index (χ0) is 17.6. The van der Waals surface area contributed by atoms with Gasteiger partial charge in [0.2, 0.25) is 0 Å². The van der Waals surface area contributed by atoms with E-state index >= 15 is 0 Å². The topological polar surface area (TPSA) is 41.6 Å². The van der Waals surface area contributed by atoms with Crippen molar-refractivity contribution in [1.82, 2.24) is 4.90 Å². The van der Waals surface area contributed by atoms with Crippen molar-refractivity contribution in [2.45, 2.75) is 25.5 Å². The molecule has 0 aliphatic carbocycles. The first-order valence-corrected chi connectivity index (χ1v) is 9.03. The number of benzene rings is 2. The smallest absolute Gasteiger partial charge is 0.322 e. The van der Waals surface area contributed by atoms with E-state index in [1.54, 1.807) is 29.2 Å². The number of carbonyl (C=O) groups is 1. The molecule has 0 aromatic heterocycles. The van der Waals surface area contributed by atoms with E-state index in [4.69, 9.17) is 27.9 Å². The van der Waals surface area contributed by atoms with Crippen molar-refractivity contribution in [2.24, 2.45) is 0 Å². The molecule has 2 aromatic rings. The Balaban J connectivity index is 1.70. The molecule has 1 saturated heterocycles. The van der Waals surface area contributed by atoms with Crippen LogP contribution < -0.4 is 5.32 Å². The number of amides is 2. The van der Waals surface area contributed by atoms with Crippen LogP contribution in [-0.4, -0.2) is 30.2 Å². The van der Waals surface area contributed by atoms with Crippen molar-refractivity contribution in [3.05, 3.63) is 64.1 Å². The summed E-state index contributed by atoms with van der Waals surface area (Å²) in [4.78, 5) is 14.5. The molecular weight excluding hydrogens is 359 g/mol. The summed E-state index contributed by atoms with van der Waals surface area (Å²) in [5, 5.41) is 4.24. The van der Waals surface area contributed by atoms with Gasteiger partial charge in [-0.15, -0.1) is 0 Å². The minimum absolute atomic E-state index is 0.0864. The minimum atomic E-state index is -0.159. The predicted octanol–water partition coefficient (Wildman–Crippen LogP) is 5.21. The molecule has 2 aromatic carbocycles. The van der Waals surface area contributed by atoms with Gasteiger partial charge in [0.15, 0.2) is 0 Å². The zero-order valence-electron chi connectivity index (χ0n) is 13.8. The highest BCUT2D eigenvalue weighted by Gasteiger charge is 2.23. The Morgan fingerprint density at radius 1 is 1.08 bits per heavy atom. The Bertz CT molecular complexity index is 698. The van der Waals surface area contributed by atoms with E-state index in [1.807, 2.05) is 24.3 Å². The molecular formula is C19H20Cl2N2O2. The fourth-order valence-electron chi connectivity index (χ4n) is 2.80. The Labute approximate surface area is 157 Å². The molecule has 0 unspecified atom stereocenters. The number of nitrogens with zero attached hydrogens (tertiary/aromatic N) is 1. The van der Waals surface area contributed by atoms with Gasteiger partial charge in [0, 0.05) is 35.4 Å². The second-order valence-electron chi connectivity index (χ2n) is 6.08. The molecule has 1 N–H and O–H groups in total. The lowest BCUT2D eigenvalue weighted by Crippen LogP contribution is -2.39. The molecule has 1 atom stereocenters. The standard InChI is InChI=1S/C19H20Cl2N2O2/c20-15-5-3-14(4-6-15)12-23(13-18-2-1-11-25-18)19(24)22-17-9-7-16(21)8-10-17/h3-10,18H,1-2,11-13H2,(H,22,24)/t18-/m1/s1. The largest absolute Gasteiger partial charge is 0.376 e. The van der Waals surface area contributed by atoms with Gasteiger partial charge in [-0.1, -0.05) is 35.3 Å². The van der Waals surface area contributed by atoms with Crippen LogP contribution in [0.1, 0.15) is 18.4 Å². The normalized spacial score (nSPS) is 16.6. The molecule has 3 rings (SSSR count). The maximum absolute atomic E-state index is 12.8. The van der Waals surface area contributed by atoms with E-state index in [-0.39, 0.29) is 12.1 Å². The molecule has 1 fully saturated rings. The summed E-state index contributed by atoms with van der Waals surface area (Å²) in [5.41, 5.74) is 1.73. The molecule has 1 heterocycles. The number of rotatable bonds is 5. The van der Waals surface area contributed by atoms with Gasteiger partial charge in [-0.05, 0) is 54.8 Å². The third kappa shape index (κ3) is 5.36. The lowest BCUT2D eigenvalue weighted by molar-refractivity contribution is 0.0819. The van der Waals surface area contributed by atoms with Gasteiger partial charge < -0.3 is 15.0 Å². The van der Waals surface area contributed by atoms with E-state index in [1.165, 1.54) is 0 Å². The first-order valence-electron chi connectivity index (χ1n) is 8.28. The number of nitrogens with one attached hydrogen (secondary N) is 1. The van der Waals surface area contributed by atoms with Crippen LogP contribution in [0.2, 0.25) is 10.0 Å². The summed E-state index contributed by atoms with van der Waals surface area (Å²) in [6.45, 7) is 1.82. The highest BCUT2D eigenvalue weighted by Crippen LogP contribution is 2.19. The number of ether oxygens (including phenoxy) is 1. The summed E-state index contributed by atoms with van der Waals surface area (Å²) in [5.74, 6) is 0. The number of carbonyl (C=O) groups excluding carboxylic acids is 1. The highest BCUT2D eigenvalue weighted by atomic mass is 35.5. The van der Waals surface area contributed by atoms with Gasteiger partial charge in [0.05, 0.1) is 6.10 Å². The quantitative estimate of drug-likeness (QED) is 0.775. The molecule has 25 heavy (non-hydrogen) atoms. The number of hydrogen-bond donors (Lipinski definition) is 1. The van der Waals surface area contributed by atoms with Crippen LogP contribution in [0.4, 0.5) is 10.5 Å². The molecule has 2 amide bonds. The molecule has 0 bridgehead atoms. The number of anilines is 1. The van der Waals surface area contributed by atoms with E-state index in [2.05, 4.69) is 5.32 Å². The first-order chi connectivity index (χ1) is 12.1. The van der Waals surface area contributed by atoms with Crippen LogP contribution >= 0.6 is 23.2 Å². The first kappa shape index (κ1) is 18.1. The van der Waals surface area contributed by atoms with Crippen molar-refractivity contribution in [2.75, 3.05) is 18.5 Å². The van der Waals surface area contributed by atoms with Gasteiger partial charge in [-0.2, -0.15) is 0 Å². The van der Waals surface area contributed by atoms with Crippen molar-refractivity contribution in [3.63, 3.8) is 0 Å². The van der Waals surface area contributed by atoms with E-state index < -0.39 is 0 Å². The number of urea groups is 1. The fourth-order valence-corrected chi connectivity index (χ4v) is 3.05. The van der Waals surface area contributed by atoms with Crippen molar-refractivity contribution < 1.29 is 9.53 Å². The summed E-state index contributed by atoms with van der Waals surface area (Å²) in [6, 6.07) is 14.4. The Hall–Kier alpha value is -1.75. The molecule has 1 aliphatic heterocycles.